The smallest absolute Gasteiger partial charge is 0.251 e. The Morgan fingerprint density at radius 1 is 0.966 bits per heavy atom. The Morgan fingerprint density at radius 2 is 1.69 bits per heavy atom. The lowest BCUT2D eigenvalue weighted by Crippen LogP contribution is -2.47. The molecule has 9 heteroatoms. The molecule has 1 N–H and O–H groups in total. The fraction of sp³-hybridized carbons (Fsp3) is 0.500. The van der Waals surface area contributed by atoms with Crippen molar-refractivity contribution in [1.82, 2.24) is 25.2 Å². The van der Waals surface area contributed by atoms with E-state index in [2.05, 4.69) is 35.0 Å². The van der Waals surface area contributed by atoms with Gasteiger partial charge >= 0.3 is 0 Å². The molecule has 4 rings (SSSR count). The van der Waals surface area contributed by atoms with Gasteiger partial charge in [-0.3, -0.25) is 9.69 Å². The van der Waals surface area contributed by atoms with Crippen LogP contribution in [-0.4, -0.2) is 91.3 Å². The van der Waals surface area contributed by atoms with Crippen LogP contribution in [-0.2, 0) is 4.74 Å². The molecule has 9 nitrogen and oxygen atoms in total. The number of amides is 1. The number of carbonyl (C=O) groups excluding carboxylic acids is 1. The van der Waals surface area contributed by atoms with E-state index < -0.39 is 0 Å². The number of pyridine rings is 1. The van der Waals surface area contributed by atoms with Crippen LogP contribution in [0.5, 0.6) is 0 Å². The van der Waals surface area contributed by atoms with E-state index >= 15 is 0 Å². The first-order valence-electron chi connectivity index (χ1n) is 10.1. The molecule has 0 atom stereocenters. The van der Waals surface area contributed by atoms with Gasteiger partial charge in [0.25, 0.3) is 5.91 Å². The van der Waals surface area contributed by atoms with Crippen molar-refractivity contribution in [2.24, 2.45) is 0 Å². The molecule has 0 aromatic carbocycles. The summed E-state index contributed by atoms with van der Waals surface area (Å²) in [6.07, 6.45) is 5.23. The Kier molecular flexibility index (Phi) is 6.48. The van der Waals surface area contributed by atoms with Gasteiger partial charge in [-0.2, -0.15) is 0 Å². The number of aromatic nitrogens is 3. The zero-order chi connectivity index (χ0) is 19.9. The minimum atomic E-state index is -0.0572. The second kappa shape index (κ2) is 9.62. The van der Waals surface area contributed by atoms with Crippen LogP contribution in [0.15, 0.2) is 36.8 Å². The number of nitrogens with zero attached hydrogens (tertiary/aromatic N) is 6. The quantitative estimate of drug-likeness (QED) is 0.743. The summed E-state index contributed by atoms with van der Waals surface area (Å²) in [5.41, 5.74) is 0.644. The van der Waals surface area contributed by atoms with Gasteiger partial charge in [-0.1, -0.05) is 0 Å². The average molecular weight is 397 g/mol. The first-order valence-corrected chi connectivity index (χ1v) is 10.1. The summed E-state index contributed by atoms with van der Waals surface area (Å²) in [4.78, 5) is 32.3. The number of nitrogens with one attached hydrogen (secondary N) is 1. The van der Waals surface area contributed by atoms with Crippen molar-refractivity contribution < 1.29 is 9.53 Å². The van der Waals surface area contributed by atoms with Gasteiger partial charge in [0, 0.05) is 76.5 Å². The first kappa shape index (κ1) is 19.5. The standard InChI is InChI=1S/C20H27N7O2/c28-19(22-6-7-25-12-14-29-15-13-25)17-2-5-21-18(16-17)26-8-10-27(11-9-26)20-23-3-1-4-24-20/h1-5,16H,6-15H2,(H,22,28). The number of carbonyl (C=O) groups is 1. The Morgan fingerprint density at radius 3 is 2.45 bits per heavy atom. The molecule has 2 aliphatic heterocycles. The minimum Gasteiger partial charge on any atom is -0.379 e. The summed E-state index contributed by atoms with van der Waals surface area (Å²) < 4.78 is 5.35. The number of rotatable bonds is 6. The summed E-state index contributed by atoms with van der Waals surface area (Å²) >= 11 is 0. The van der Waals surface area contributed by atoms with E-state index in [1.807, 2.05) is 12.1 Å². The largest absolute Gasteiger partial charge is 0.379 e. The van der Waals surface area contributed by atoms with Gasteiger partial charge in [-0.25, -0.2) is 15.0 Å². The molecule has 0 bridgehead atoms. The third-order valence-electron chi connectivity index (χ3n) is 5.26. The first-order chi connectivity index (χ1) is 14.3. The fourth-order valence-electron chi connectivity index (χ4n) is 3.58. The van der Waals surface area contributed by atoms with Crippen molar-refractivity contribution in [3.05, 3.63) is 42.4 Å². The lowest BCUT2D eigenvalue weighted by molar-refractivity contribution is 0.0383. The molecule has 29 heavy (non-hydrogen) atoms. The van der Waals surface area contributed by atoms with E-state index in [1.54, 1.807) is 24.7 Å². The minimum absolute atomic E-state index is 0.0572. The summed E-state index contributed by atoms with van der Waals surface area (Å²) in [5, 5.41) is 3.01. The normalized spacial score (nSPS) is 17.9. The number of hydrogen-bond donors (Lipinski definition) is 1. The second-order valence-electron chi connectivity index (χ2n) is 7.14. The monoisotopic (exact) mass is 397 g/mol. The Hall–Kier alpha value is -2.78. The molecular formula is C20H27N7O2. The molecule has 2 fully saturated rings. The van der Waals surface area contributed by atoms with Gasteiger partial charge in [0.05, 0.1) is 13.2 Å². The fourth-order valence-corrected chi connectivity index (χ4v) is 3.58. The second-order valence-corrected chi connectivity index (χ2v) is 7.14. The summed E-state index contributed by atoms with van der Waals surface area (Å²) in [5.74, 6) is 1.53. The Labute approximate surface area is 170 Å². The molecule has 1 amide bonds. The molecule has 0 aliphatic carbocycles. The third-order valence-corrected chi connectivity index (χ3v) is 5.26. The topological polar surface area (TPSA) is 86.7 Å². The zero-order valence-electron chi connectivity index (χ0n) is 16.5. The van der Waals surface area contributed by atoms with Gasteiger partial charge in [0.1, 0.15) is 5.82 Å². The van der Waals surface area contributed by atoms with Gasteiger partial charge in [-0.15, -0.1) is 0 Å². The van der Waals surface area contributed by atoms with E-state index in [0.717, 1.165) is 70.8 Å². The van der Waals surface area contributed by atoms with Crippen molar-refractivity contribution in [1.29, 1.82) is 0 Å². The lowest BCUT2D eigenvalue weighted by atomic mass is 10.2. The van der Waals surface area contributed by atoms with Gasteiger partial charge in [0.2, 0.25) is 5.95 Å². The van der Waals surface area contributed by atoms with Crippen LogP contribution in [0.1, 0.15) is 10.4 Å². The van der Waals surface area contributed by atoms with Gasteiger partial charge in [-0.05, 0) is 18.2 Å². The van der Waals surface area contributed by atoms with Gasteiger partial charge in [0.15, 0.2) is 0 Å². The summed E-state index contributed by atoms with van der Waals surface area (Å²) in [6.45, 7) is 8.13. The average Bonchev–Trinajstić information content (AvgIpc) is 2.80. The van der Waals surface area contributed by atoms with Crippen molar-refractivity contribution in [3.63, 3.8) is 0 Å². The molecule has 4 heterocycles. The van der Waals surface area contributed by atoms with Gasteiger partial charge < -0.3 is 19.9 Å². The SMILES string of the molecule is O=C(NCCN1CCOCC1)c1ccnc(N2CCN(c3ncccn3)CC2)c1. The van der Waals surface area contributed by atoms with Crippen LogP contribution >= 0.6 is 0 Å². The molecule has 2 saturated heterocycles. The number of ether oxygens (including phenoxy) is 1. The Balaban J connectivity index is 1.28. The highest BCUT2D eigenvalue weighted by Gasteiger charge is 2.20. The predicted molar refractivity (Wildman–Crippen MR) is 110 cm³/mol. The van der Waals surface area contributed by atoms with Crippen molar-refractivity contribution in [2.75, 3.05) is 75.4 Å². The summed E-state index contributed by atoms with van der Waals surface area (Å²) in [7, 11) is 0. The molecule has 0 saturated carbocycles. The van der Waals surface area contributed by atoms with Crippen LogP contribution in [0.3, 0.4) is 0 Å². The maximum atomic E-state index is 12.5. The molecule has 0 unspecified atom stereocenters. The number of piperazine rings is 1. The third kappa shape index (κ3) is 5.18. The van der Waals surface area contributed by atoms with Crippen molar-refractivity contribution in [3.8, 4) is 0 Å². The highest BCUT2D eigenvalue weighted by Crippen LogP contribution is 2.17. The van der Waals surface area contributed by atoms with Crippen LogP contribution < -0.4 is 15.1 Å². The Bertz CT molecular complexity index is 790. The maximum Gasteiger partial charge on any atom is 0.251 e. The van der Waals surface area contributed by atoms with Crippen LogP contribution in [0.2, 0.25) is 0 Å². The molecule has 2 aliphatic rings. The van der Waals surface area contributed by atoms with Crippen LogP contribution in [0, 0.1) is 0 Å². The van der Waals surface area contributed by atoms with E-state index in [4.69, 9.17) is 4.74 Å². The number of anilines is 2. The van der Waals surface area contributed by atoms with Crippen molar-refractivity contribution in [2.45, 2.75) is 0 Å². The highest BCUT2D eigenvalue weighted by atomic mass is 16.5. The van der Waals surface area contributed by atoms with E-state index in [1.165, 1.54) is 0 Å². The van der Waals surface area contributed by atoms with E-state index in [0.29, 0.717) is 12.1 Å². The van der Waals surface area contributed by atoms with Crippen LogP contribution in [0.4, 0.5) is 11.8 Å². The molecule has 154 valence electrons. The zero-order valence-corrected chi connectivity index (χ0v) is 16.5. The number of hydrogen-bond acceptors (Lipinski definition) is 8. The van der Waals surface area contributed by atoms with E-state index in [-0.39, 0.29) is 5.91 Å². The maximum absolute atomic E-state index is 12.5. The molecule has 0 radical (unpaired) electrons. The predicted octanol–water partition coefficient (Wildman–Crippen LogP) is 0.260. The molecule has 2 aromatic heterocycles. The van der Waals surface area contributed by atoms with E-state index in [9.17, 15) is 4.79 Å². The lowest BCUT2D eigenvalue weighted by Gasteiger charge is -2.35. The molecule has 0 spiro atoms. The number of morpholine rings is 1. The highest BCUT2D eigenvalue weighted by molar-refractivity contribution is 5.94. The van der Waals surface area contributed by atoms with Crippen LogP contribution in [0.25, 0.3) is 0 Å². The molecular weight excluding hydrogens is 370 g/mol. The van der Waals surface area contributed by atoms with Crippen molar-refractivity contribution >= 4 is 17.7 Å². The summed E-state index contributed by atoms with van der Waals surface area (Å²) in [6, 6.07) is 5.46. The molecule has 2 aromatic rings.